The topological polar surface area (TPSA) is 75.7 Å². The number of aromatic amines is 1. The maximum absolute atomic E-state index is 13.4. The molecule has 5 rings (SSSR count). The van der Waals surface area contributed by atoms with Crippen LogP contribution in [0.15, 0.2) is 36.4 Å². The number of phenols is 1. The van der Waals surface area contributed by atoms with Crippen LogP contribution in [0.3, 0.4) is 0 Å². The number of rotatable bonds is 5. The number of nitrogens with zero attached hydrogens (tertiary/aromatic N) is 4. The molecular weight excluding hydrogens is 426 g/mol. The van der Waals surface area contributed by atoms with E-state index in [1.807, 2.05) is 18.2 Å². The van der Waals surface area contributed by atoms with Crippen LogP contribution in [-0.2, 0) is 6.42 Å². The molecule has 0 atom stereocenters. The van der Waals surface area contributed by atoms with Gasteiger partial charge < -0.3 is 19.8 Å². The highest BCUT2D eigenvalue weighted by Gasteiger charge is 2.22. The molecule has 0 bridgehead atoms. The maximum Gasteiger partial charge on any atom is 0.261 e. The summed E-state index contributed by atoms with van der Waals surface area (Å²) in [5.41, 5.74) is 4.06. The number of carbonyl (C=O) groups excluding carboxylic acids is 1. The maximum atomic E-state index is 13.4. The van der Waals surface area contributed by atoms with Crippen LogP contribution in [0, 0.1) is 5.92 Å². The molecule has 1 amide bonds. The number of carbonyl (C=O) groups is 1. The van der Waals surface area contributed by atoms with Crippen molar-refractivity contribution in [2.45, 2.75) is 38.5 Å². The Hall–Kier alpha value is -3.06. The van der Waals surface area contributed by atoms with E-state index in [1.165, 1.54) is 37.8 Å². The van der Waals surface area contributed by atoms with Crippen LogP contribution in [-0.4, -0.2) is 66.4 Å². The molecule has 1 saturated heterocycles. The van der Waals surface area contributed by atoms with E-state index in [4.69, 9.17) is 0 Å². The lowest BCUT2D eigenvalue weighted by Crippen LogP contribution is -2.44. The van der Waals surface area contributed by atoms with Gasteiger partial charge in [0.2, 0.25) is 0 Å². The second kappa shape index (κ2) is 9.66. The number of aromatic hydroxyl groups is 1. The number of H-pyrrole nitrogens is 1. The number of hydrogen-bond donors (Lipinski definition) is 2. The third-order valence-electron chi connectivity index (χ3n) is 7.61. The molecule has 34 heavy (non-hydrogen) atoms. The molecule has 0 spiro atoms. The van der Waals surface area contributed by atoms with Crippen molar-refractivity contribution in [3.05, 3.63) is 47.7 Å². The van der Waals surface area contributed by atoms with Crippen molar-refractivity contribution in [1.82, 2.24) is 15.1 Å². The second-order valence-corrected chi connectivity index (χ2v) is 9.96. The smallest absolute Gasteiger partial charge is 0.261 e. The molecule has 0 radical (unpaired) electrons. The largest absolute Gasteiger partial charge is 0.507 e. The molecule has 2 N–H and O–H groups in total. The van der Waals surface area contributed by atoms with E-state index in [9.17, 15) is 9.90 Å². The van der Waals surface area contributed by atoms with E-state index < -0.39 is 0 Å². The summed E-state index contributed by atoms with van der Waals surface area (Å²) in [6.45, 7) is 4.12. The minimum absolute atomic E-state index is 0.0220. The predicted octanol–water partition coefficient (Wildman–Crippen LogP) is 4.42. The van der Waals surface area contributed by atoms with E-state index in [0.717, 1.165) is 54.9 Å². The van der Waals surface area contributed by atoms with Gasteiger partial charge in [-0.05, 0) is 49.7 Å². The van der Waals surface area contributed by atoms with Gasteiger partial charge in [0, 0.05) is 56.1 Å². The zero-order valence-electron chi connectivity index (χ0n) is 20.3. The number of benzene rings is 2. The molecule has 1 aliphatic heterocycles. The van der Waals surface area contributed by atoms with Crippen LogP contribution in [0.4, 0.5) is 11.4 Å². The number of hydrogen-bond acceptors (Lipinski definition) is 5. The van der Waals surface area contributed by atoms with E-state index in [2.05, 4.69) is 39.2 Å². The summed E-state index contributed by atoms with van der Waals surface area (Å²) in [7, 11) is 3.91. The first-order valence-corrected chi connectivity index (χ1v) is 12.5. The lowest BCUT2D eigenvalue weighted by atomic mass is 9.85. The lowest BCUT2D eigenvalue weighted by molar-refractivity contribution is 0.0990. The SMILES string of the molecule is CN1CCN(c2ccc(N(C)C(=O)c3cc4c(CC5CCCCC5)n[nH]c4cc3O)cc2)CC1. The quantitative estimate of drug-likeness (QED) is 0.588. The summed E-state index contributed by atoms with van der Waals surface area (Å²) in [5.74, 6) is 0.400. The van der Waals surface area contributed by atoms with Crippen LogP contribution in [0.1, 0.15) is 48.2 Å². The summed E-state index contributed by atoms with van der Waals surface area (Å²) in [5, 5.41) is 19.1. The molecule has 3 aromatic rings. The molecule has 2 aromatic carbocycles. The molecule has 7 heteroatoms. The molecule has 180 valence electrons. The Kier molecular flexibility index (Phi) is 6.46. The normalized spacial score (nSPS) is 17.9. The number of nitrogens with one attached hydrogen (secondary N) is 1. The number of phenolic OH excluding ortho intramolecular Hbond substituents is 1. The average Bonchev–Trinajstić information content (AvgIpc) is 3.25. The Labute approximate surface area is 201 Å². The van der Waals surface area contributed by atoms with Crippen molar-refractivity contribution in [2.24, 2.45) is 5.92 Å². The van der Waals surface area contributed by atoms with Crippen molar-refractivity contribution in [3.8, 4) is 5.75 Å². The zero-order chi connectivity index (χ0) is 23.7. The van der Waals surface area contributed by atoms with Gasteiger partial charge in [0.25, 0.3) is 5.91 Å². The summed E-state index contributed by atoms with van der Waals surface area (Å²) in [4.78, 5) is 19.7. The first kappa shape index (κ1) is 22.7. The minimum atomic E-state index is -0.225. The summed E-state index contributed by atoms with van der Waals surface area (Å²) < 4.78 is 0. The van der Waals surface area contributed by atoms with Gasteiger partial charge in [-0.2, -0.15) is 5.10 Å². The van der Waals surface area contributed by atoms with Crippen molar-refractivity contribution in [3.63, 3.8) is 0 Å². The van der Waals surface area contributed by atoms with E-state index in [1.54, 1.807) is 18.0 Å². The first-order valence-electron chi connectivity index (χ1n) is 12.5. The number of likely N-dealkylation sites (N-methyl/N-ethyl adjacent to an activating group) is 1. The predicted molar refractivity (Wildman–Crippen MR) is 137 cm³/mol. The lowest BCUT2D eigenvalue weighted by Gasteiger charge is -2.34. The molecule has 1 aliphatic carbocycles. The van der Waals surface area contributed by atoms with Crippen LogP contribution in [0.2, 0.25) is 0 Å². The Morgan fingerprint density at radius 1 is 1.09 bits per heavy atom. The van der Waals surface area contributed by atoms with Gasteiger partial charge in [-0.25, -0.2) is 0 Å². The van der Waals surface area contributed by atoms with Gasteiger partial charge in [0.05, 0.1) is 16.8 Å². The Balaban J connectivity index is 1.34. The first-order chi connectivity index (χ1) is 16.5. The summed E-state index contributed by atoms with van der Waals surface area (Å²) >= 11 is 0. The molecule has 2 heterocycles. The molecule has 1 saturated carbocycles. The van der Waals surface area contributed by atoms with Crippen molar-refractivity contribution in [1.29, 1.82) is 0 Å². The fraction of sp³-hybridized carbons (Fsp3) is 0.481. The van der Waals surface area contributed by atoms with Crippen molar-refractivity contribution >= 4 is 28.2 Å². The molecular formula is C27H35N5O2. The van der Waals surface area contributed by atoms with Crippen LogP contribution < -0.4 is 9.80 Å². The van der Waals surface area contributed by atoms with E-state index in [-0.39, 0.29) is 11.7 Å². The third kappa shape index (κ3) is 4.62. The highest BCUT2D eigenvalue weighted by molar-refractivity contribution is 6.09. The molecule has 1 aromatic heterocycles. The number of anilines is 2. The standard InChI is InChI=1S/C27H35N5O2/c1-30-12-14-32(15-13-30)21-10-8-20(9-11-21)31(2)27(34)23-17-22-24(16-19-6-4-3-5-7-19)28-29-25(22)18-26(23)33/h8-11,17-19,33H,3-7,12-16H2,1-2H3,(H,28,29). The van der Waals surface area contributed by atoms with Gasteiger partial charge >= 0.3 is 0 Å². The summed E-state index contributed by atoms with van der Waals surface area (Å²) in [6, 6.07) is 11.5. The number of piperazine rings is 1. The monoisotopic (exact) mass is 461 g/mol. The van der Waals surface area contributed by atoms with Gasteiger partial charge in [-0.15, -0.1) is 0 Å². The Bertz CT molecular complexity index is 1140. The molecule has 2 aliphatic rings. The van der Waals surface area contributed by atoms with Crippen molar-refractivity contribution < 1.29 is 9.90 Å². The van der Waals surface area contributed by atoms with Crippen LogP contribution in [0.25, 0.3) is 10.9 Å². The van der Waals surface area contributed by atoms with Crippen molar-refractivity contribution in [2.75, 3.05) is 50.1 Å². The second-order valence-electron chi connectivity index (χ2n) is 9.96. The zero-order valence-corrected chi connectivity index (χ0v) is 20.3. The molecule has 2 fully saturated rings. The number of amides is 1. The fourth-order valence-electron chi connectivity index (χ4n) is 5.35. The Morgan fingerprint density at radius 2 is 1.79 bits per heavy atom. The molecule has 7 nitrogen and oxygen atoms in total. The van der Waals surface area contributed by atoms with Gasteiger partial charge in [-0.3, -0.25) is 9.89 Å². The molecule has 0 unspecified atom stereocenters. The van der Waals surface area contributed by atoms with Gasteiger partial charge in [0.15, 0.2) is 0 Å². The van der Waals surface area contributed by atoms with E-state index >= 15 is 0 Å². The third-order valence-corrected chi connectivity index (χ3v) is 7.61. The Morgan fingerprint density at radius 3 is 2.50 bits per heavy atom. The average molecular weight is 462 g/mol. The van der Waals surface area contributed by atoms with Crippen LogP contribution >= 0.6 is 0 Å². The fourth-order valence-corrected chi connectivity index (χ4v) is 5.35. The van der Waals surface area contributed by atoms with E-state index in [0.29, 0.717) is 11.5 Å². The highest BCUT2D eigenvalue weighted by atomic mass is 16.3. The number of aromatic nitrogens is 2. The van der Waals surface area contributed by atoms with Gasteiger partial charge in [0.1, 0.15) is 5.75 Å². The highest BCUT2D eigenvalue weighted by Crippen LogP contribution is 2.32. The minimum Gasteiger partial charge on any atom is -0.507 e. The van der Waals surface area contributed by atoms with Gasteiger partial charge in [-0.1, -0.05) is 32.1 Å². The number of fused-ring (bicyclic) bond motifs is 1. The summed E-state index contributed by atoms with van der Waals surface area (Å²) in [6.07, 6.45) is 7.30. The van der Waals surface area contributed by atoms with Crippen LogP contribution in [0.5, 0.6) is 5.75 Å².